The Labute approximate surface area is 107 Å². The van der Waals surface area contributed by atoms with Crippen molar-refractivity contribution in [1.29, 1.82) is 0 Å². The van der Waals surface area contributed by atoms with Crippen molar-refractivity contribution in [2.45, 2.75) is 39.2 Å². The molecule has 2 unspecified atom stereocenters. The minimum absolute atomic E-state index is 0.0317. The second-order valence-electron chi connectivity index (χ2n) is 4.63. The van der Waals surface area contributed by atoms with E-state index < -0.39 is 11.9 Å². The SMILES string of the molecule is CCC1C(=O)NC(=O)CN1C(=O)C(C)CCCN. The molecule has 18 heavy (non-hydrogen) atoms. The van der Waals surface area contributed by atoms with E-state index in [-0.39, 0.29) is 24.3 Å². The minimum Gasteiger partial charge on any atom is -0.330 e. The summed E-state index contributed by atoms with van der Waals surface area (Å²) >= 11 is 0. The zero-order chi connectivity index (χ0) is 13.7. The van der Waals surface area contributed by atoms with Gasteiger partial charge in [-0.3, -0.25) is 19.7 Å². The highest BCUT2D eigenvalue weighted by Crippen LogP contribution is 2.16. The first-order chi connectivity index (χ1) is 8.51. The van der Waals surface area contributed by atoms with Gasteiger partial charge in [0.2, 0.25) is 17.7 Å². The topological polar surface area (TPSA) is 92.5 Å². The van der Waals surface area contributed by atoms with E-state index in [1.165, 1.54) is 4.90 Å². The van der Waals surface area contributed by atoms with Crippen LogP contribution in [0.4, 0.5) is 0 Å². The molecule has 0 bridgehead atoms. The summed E-state index contributed by atoms with van der Waals surface area (Å²) in [6.45, 7) is 4.14. The number of nitrogens with zero attached hydrogens (tertiary/aromatic N) is 1. The average molecular weight is 255 g/mol. The Morgan fingerprint density at radius 1 is 1.56 bits per heavy atom. The van der Waals surface area contributed by atoms with Gasteiger partial charge in [0.05, 0.1) is 0 Å². The molecule has 0 aromatic rings. The number of nitrogens with one attached hydrogen (secondary N) is 1. The fourth-order valence-electron chi connectivity index (χ4n) is 2.13. The van der Waals surface area contributed by atoms with Crippen LogP contribution < -0.4 is 11.1 Å². The van der Waals surface area contributed by atoms with E-state index in [0.29, 0.717) is 19.4 Å². The number of piperazine rings is 1. The standard InChI is InChI=1S/C12H21N3O3/c1-3-9-11(17)14-10(16)7-15(9)12(18)8(2)5-4-6-13/h8-9H,3-7,13H2,1-2H3,(H,14,16,17). The van der Waals surface area contributed by atoms with Crippen LogP contribution in [0.15, 0.2) is 0 Å². The Bertz CT molecular complexity index is 343. The number of carbonyl (C=O) groups is 3. The van der Waals surface area contributed by atoms with Gasteiger partial charge in [-0.25, -0.2) is 0 Å². The number of rotatable bonds is 5. The third-order valence-electron chi connectivity index (χ3n) is 3.19. The van der Waals surface area contributed by atoms with Crippen molar-refractivity contribution in [2.75, 3.05) is 13.1 Å². The molecular formula is C12H21N3O3. The van der Waals surface area contributed by atoms with Crippen LogP contribution in [0.3, 0.4) is 0 Å². The van der Waals surface area contributed by atoms with Crippen LogP contribution in [0.5, 0.6) is 0 Å². The summed E-state index contributed by atoms with van der Waals surface area (Å²) in [4.78, 5) is 36.6. The molecule has 2 atom stereocenters. The lowest BCUT2D eigenvalue weighted by Crippen LogP contribution is -2.60. The van der Waals surface area contributed by atoms with Gasteiger partial charge in [0.25, 0.3) is 0 Å². The van der Waals surface area contributed by atoms with E-state index in [2.05, 4.69) is 5.32 Å². The molecule has 0 aromatic carbocycles. The van der Waals surface area contributed by atoms with Gasteiger partial charge >= 0.3 is 0 Å². The van der Waals surface area contributed by atoms with E-state index in [9.17, 15) is 14.4 Å². The number of amides is 3. The summed E-state index contributed by atoms with van der Waals surface area (Å²) in [6, 6.07) is -0.532. The van der Waals surface area contributed by atoms with E-state index in [4.69, 9.17) is 5.73 Å². The van der Waals surface area contributed by atoms with E-state index in [0.717, 1.165) is 6.42 Å². The molecule has 0 aromatic heterocycles. The van der Waals surface area contributed by atoms with Crippen molar-refractivity contribution in [2.24, 2.45) is 11.7 Å². The minimum atomic E-state index is -0.532. The van der Waals surface area contributed by atoms with Gasteiger partial charge < -0.3 is 10.6 Å². The Hall–Kier alpha value is -1.43. The zero-order valence-electron chi connectivity index (χ0n) is 10.9. The molecule has 102 valence electrons. The smallest absolute Gasteiger partial charge is 0.249 e. The van der Waals surface area contributed by atoms with Crippen molar-refractivity contribution in [3.05, 3.63) is 0 Å². The van der Waals surface area contributed by atoms with Gasteiger partial charge in [0.1, 0.15) is 12.6 Å². The van der Waals surface area contributed by atoms with Crippen LogP contribution in [0.1, 0.15) is 33.1 Å². The zero-order valence-corrected chi connectivity index (χ0v) is 10.9. The lowest BCUT2D eigenvalue weighted by Gasteiger charge is -2.35. The predicted molar refractivity (Wildman–Crippen MR) is 66.4 cm³/mol. The van der Waals surface area contributed by atoms with Crippen molar-refractivity contribution < 1.29 is 14.4 Å². The molecule has 1 rings (SSSR count). The molecule has 6 nitrogen and oxygen atoms in total. The summed E-state index contributed by atoms with van der Waals surface area (Å²) in [6.07, 6.45) is 1.95. The Morgan fingerprint density at radius 2 is 2.22 bits per heavy atom. The Balaban J connectivity index is 2.74. The summed E-state index contributed by atoms with van der Waals surface area (Å²) in [7, 11) is 0. The maximum Gasteiger partial charge on any atom is 0.249 e. The molecule has 1 heterocycles. The van der Waals surface area contributed by atoms with Crippen molar-refractivity contribution in [1.82, 2.24) is 10.2 Å². The first-order valence-corrected chi connectivity index (χ1v) is 6.35. The lowest BCUT2D eigenvalue weighted by atomic mass is 10.0. The highest BCUT2D eigenvalue weighted by Gasteiger charge is 2.36. The molecule has 1 aliphatic rings. The van der Waals surface area contributed by atoms with Gasteiger partial charge in [-0.15, -0.1) is 0 Å². The third kappa shape index (κ3) is 3.29. The number of hydrogen-bond acceptors (Lipinski definition) is 4. The highest BCUT2D eigenvalue weighted by atomic mass is 16.2. The number of nitrogens with two attached hydrogens (primary N) is 1. The van der Waals surface area contributed by atoms with Gasteiger partial charge in [-0.05, 0) is 25.8 Å². The van der Waals surface area contributed by atoms with Crippen molar-refractivity contribution in [3.63, 3.8) is 0 Å². The van der Waals surface area contributed by atoms with Gasteiger partial charge in [-0.1, -0.05) is 13.8 Å². The lowest BCUT2D eigenvalue weighted by molar-refractivity contribution is -0.152. The molecule has 1 saturated heterocycles. The van der Waals surface area contributed by atoms with Crippen LogP contribution in [-0.2, 0) is 14.4 Å². The fraction of sp³-hybridized carbons (Fsp3) is 0.750. The highest BCUT2D eigenvalue weighted by molar-refractivity contribution is 6.04. The molecule has 3 amide bonds. The summed E-state index contributed by atoms with van der Waals surface area (Å²) in [5.41, 5.74) is 5.41. The van der Waals surface area contributed by atoms with Gasteiger partial charge in [-0.2, -0.15) is 0 Å². The second-order valence-corrected chi connectivity index (χ2v) is 4.63. The monoisotopic (exact) mass is 255 g/mol. The maximum absolute atomic E-state index is 12.2. The molecule has 0 aliphatic carbocycles. The van der Waals surface area contributed by atoms with E-state index in [1.807, 2.05) is 13.8 Å². The Kier molecular flexibility index (Phi) is 5.27. The van der Waals surface area contributed by atoms with Crippen LogP contribution in [0, 0.1) is 5.92 Å². The van der Waals surface area contributed by atoms with E-state index in [1.54, 1.807) is 0 Å². The molecule has 6 heteroatoms. The van der Waals surface area contributed by atoms with Gasteiger partial charge in [0, 0.05) is 5.92 Å². The summed E-state index contributed by atoms with van der Waals surface area (Å²) in [5.74, 6) is -1.14. The molecule has 0 spiro atoms. The quantitative estimate of drug-likeness (QED) is 0.655. The number of imide groups is 1. The largest absolute Gasteiger partial charge is 0.330 e. The molecule has 1 fully saturated rings. The summed E-state index contributed by atoms with van der Waals surface area (Å²) < 4.78 is 0. The molecule has 0 radical (unpaired) electrons. The second kappa shape index (κ2) is 6.49. The first kappa shape index (κ1) is 14.6. The average Bonchev–Trinajstić information content (AvgIpc) is 2.34. The maximum atomic E-state index is 12.2. The number of hydrogen-bond donors (Lipinski definition) is 2. The summed E-state index contributed by atoms with van der Waals surface area (Å²) in [5, 5.41) is 2.26. The van der Waals surface area contributed by atoms with Crippen molar-refractivity contribution in [3.8, 4) is 0 Å². The van der Waals surface area contributed by atoms with Crippen LogP contribution in [-0.4, -0.2) is 41.8 Å². The van der Waals surface area contributed by atoms with Gasteiger partial charge in [0.15, 0.2) is 0 Å². The van der Waals surface area contributed by atoms with Crippen LogP contribution in [0.25, 0.3) is 0 Å². The fourth-order valence-corrected chi connectivity index (χ4v) is 2.13. The van der Waals surface area contributed by atoms with Crippen LogP contribution in [0.2, 0.25) is 0 Å². The molecule has 3 N–H and O–H groups in total. The number of carbonyl (C=O) groups excluding carboxylic acids is 3. The first-order valence-electron chi connectivity index (χ1n) is 6.35. The Morgan fingerprint density at radius 3 is 2.78 bits per heavy atom. The molecule has 0 saturated carbocycles. The van der Waals surface area contributed by atoms with Crippen LogP contribution >= 0.6 is 0 Å². The van der Waals surface area contributed by atoms with Crippen molar-refractivity contribution >= 4 is 17.7 Å². The third-order valence-corrected chi connectivity index (χ3v) is 3.19. The normalized spacial score (nSPS) is 21.7. The van der Waals surface area contributed by atoms with E-state index >= 15 is 0 Å². The predicted octanol–water partition coefficient (Wildman–Crippen LogP) is -0.375. The molecular weight excluding hydrogens is 234 g/mol. The molecule has 1 aliphatic heterocycles.